The van der Waals surface area contributed by atoms with Gasteiger partial charge in [-0.1, -0.05) is 84.9 Å². The van der Waals surface area contributed by atoms with Crippen LogP contribution in [0.25, 0.3) is 21.5 Å². The van der Waals surface area contributed by atoms with Gasteiger partial charge in [0.15, 0.2) is 0 Å². The van der Waals surface area contributed by atoms with Gasteiger partial charge in [0.2, 0.25) is 0 Å². The van der Waals surface area contributed by atoms with Gasteiger partial charge in [-0.2, -0.15) is 0 Å². The van der Waals surface area contributed by atoms with Crippen LogP contribution in [0.3, 0.4) is 0 Å². The van der Waals surface area contributed by atoms with Crippen molar-refractivity contribution in [2.75, 3.05) is 45.8 Å². The first-order chi connectivity index (χ1) is 27.8. The first-order valence-corrected chi connectivity index (χ1v) is 21.3. The summed E-state index contributed by atoms with van der Waals surface area (Å²) in [6.07, 6.45) is 11.7. The Kier molecular flexibility index (Phi) is 8.45. The number of aryl methyl sites for hydroxylation is 4. The maximum Gasteiger partial charge on any atom is 0.0621 e. The third-order valence-electron chi connectivity index (χ3n) is 13.2. The zero-order chi connectivity index (χ0) is 37.0. The summed E-state index contributed by atoms with van der Waals surface area (Å²) in [5.41, 5.74) is 16.0. The highest BCUT2D eigenvalue weighted by atomic mass is 15.2. The van der Waals surface area contributed by atoms with E-state index in [9.17, 15) is 0 Å². The molecule has 0 N–H and O–H groups in total. The first kappa shape index (κ1) is 33.6. The average Bonchev–Trinajstić information content (AvgIpc) is 3.54. The minimum atomic E-state index is 1.02. The van der Waals surface area contributed by atoms with Crippen LogP contribution in [0.5, 0.6) is 0 Å². The van der Waals surface area contributed by atoms with Gasteiger partial charge < -0.3 is 19.6 Å². The molecule has 278 valence electrons. The van der Waals surface area contributed by atoms with E-state index >= 15 is 0 Å². The van der Waals surface area contributed by atoms with Crippen molar-refractivity contribution in [2.45, 2.75) is 64.2 Å². The highest BCUT2D eigenvalue weighted by Gasteiger charge is 2.31. The van der Waals surface area contributed by atoms with Crippen LogP contribution in [0.4, 0.5) is 45.5 Å². The van der Waals surface area contributed by atoms with Gasteiger partial charge in [-0.25, -0.2) is 0 Å². The molecule has 0 radical (unpaired) electrons. The summed E-state index contributed by atoms with van der Waals surface area (Å²) in [6.45, 7) is 4.46. The third-order valence-corrected chi connectivity index (χ3v) is 13.2. The zero-order valence-electron chi connectivity index (χ0n) is 32.4. The van der Waals surface area contributed by atoms with Gasteiger partial charge in [-0.15, -0.1) is 0 Å². The molecule has 4 heterocycles. The summed E-state index contributed by atoms with van der Waals surface area (Å²) in [6, 6.07) is 51.6. The van der Waals surface area contributed by atoms with Crippen LogP contribution >= 0.6 is 0 Å². The van der Waals surface area contributed by atoms with E-state index in [1.54, 1.807) is 0 Å². The van der Waals surface area contributed by atoms with Crippen LogP contribution in [0.1, 0.15) is 60.8 Å². The molecule has 2 saturated heterocycles. The Bertz CT molecular complexity index is 2320. The first-order valence-electron chi connectivity index (χ1n) is 21.3. The Morgan fingerprint density at radius 3 is 0.964 bits per heavy atom. The lowest BCUT2D eigenvalue weighted by atomic mass is 9.93. The van der Waals surface area contributed by atoms with Crippen LogP contribution in [0, 0.1) is 0 Å². The predicted octanol–water partition coefficient (Wildman–Crippen LogP) is 13.1. The summed E-state index contributed by atoms with van der Waals surface area (Å²) < 4.78 is 0. The minimum Gasteiger partial charge on any atom is -0.372 e. The lowest BCUT2D eigenvalue weighted by molar-refractivity contribution is 0.578. The quantitative estimate of drug-likeness (QED) is 0.167. The van der Waals surface area contributed by atoms with E-state index < -0.39 is 0 Å². The fourth-order valence-corrected chi connectivity index (χ4v) is 10.4. The molecule has 0 atom stereocenters. The zero-order valence-corrected chi connectivity index (χ0v) is 32.4. The molecule has 0 unspecified atom stereocenters. The van der Waals surface area contributed by atoms with Crippen molar-refractivity contribution in [2.24, 2.45) is 0 Å². The van der Waals surface area contributed by atoms with Crippen LogP contribution < -0.4 is 19.6 Å². The van der Waals surface area contributed by atoms with Crippen LogP contribution in [-0.2, 0) is 25.7 Å². The topological polar surface area (TPSA) is 13.0 Å². The van der Waals surface area contributed by atoms with Gasteiger partial charge in [0.1, 0.15) is 0 Å². The number of benzene rings is 7. The molecule has 4 nitrogen and oxygen atoms in total. The molecule has 4 heteroatoms. The van der Waals surface area contributed by atoms with Crippen molar-refractivity contribution in [3.05, 3.63) is 156 Å². The van der Waals surface area contributed by atoms with Gasteiger partial charge in [0.05, 0.1) is 11.4 Å². The fraction of sp³-hybridized carbons (Fsp3) is 0.269. The molecule has 0 spiro atoms. The standard InChI is InChI=1S/C52H50N4/c1-11-31-53(32-12-1)41-27-29-43-45(35-41)51(55-47-19-7-3-15-37(47)23-24-38-16-4-8-20-48(38)55)44-30-28-42(54-33-13-2-14-34-54)36-46(44)52(43)56-49-21-9-5-17-39(49)25-26-40-18-6-10-22-50(40)56/h3-10,15-22,27-30,35-36H,1-2,11-14,23-26,31-34H2. The molecule has 2 fully saturated rings. The molecule has 7 aromatic rings. The maximum atomic E-state index is 2.65. The number of hydrogen-bond acceptors (Lipinski definition) is 4. The largest absolute Gasteiger partial charge is 0.372 e. The van der Waals surface area contributed by atoms with E-state index in [1.807, 2.05) is 0 Å². The number of nitrogens with zero attached hydrogens (tertiary/aromatic N) is 4. The van der Waals surface area contributed by atoms with Crippen molar-refractivity contribution in [1.29, 1.82) is 0 Å². The molecule has 0 bridgehead atoms. The van der Waals surface area contributed by atoms with E-state index in [0.717, 1.165) is 51.9 Å². The second kappa shape index (κ2) is 14.1. The maximum absolute atomic E-state index is 2.65. The van der Waals surface area contributed by atoms with Gasteiger partial charge in [0, 0.05) is 81.8 Å². The van der Waals surface area contributed by atoms with E-state index in [4.69, 9.17) is 0 Å². The SMILES string of the molecule is c1ccc2c(c1)CCc1ccccc1N2c1c2ccc(N3CCCCC3)cc2c(N2c3ccccc3CCc3ccccc32)c2ccc(N3CCCCC3)cc12. The van der Waals surface area contributed by atoms with E-state index in [0.29, 0.717) is 0 Å². The van der Waals surface area contributed by atoms with Crippen molar-refractivity contribution in [1.82, 2.24) is 0 Å². The number of hydrogen-bond donors (Lipinski definition) is 0. The fourth-order valence-electron chi connectivity index (χ4n) is 10.4. The minimum absolute atomic E-state index is 1.02. The molecule has 0 aliphatic carbocycles. The van der Waals surface area contributed by atoms with Gasteiger partial charge in [-0.05, 0) is 135 Å². The molecule has 0 aromatic heterocycles. The Morgan fingerprint density at radius 1 is 0.304 bits per heavy atom. The molecule has 11 rings (SSSR count). The summed E-state index contributed by atoms with van der Waals surface area (Å²) >= 11 is 0. The Hall–Kier alpha value is -5.74. The van der Waals surface area contributed by atoms with Crippen molar-refractivity contribution in [3.8, 4) is 0 Å². The lowest BCUT2D eigenvalue weighted by Gasteiger charge is -2.35. The van der Waals surface area contributed by atoms with Crippen LogP contribution in [0.15, 0.2) is 133 Å². The number of anilines is 8. The summed E-state index contributed by atoms with van der Waals surface area (Å²) in [5, 5.41) is 5.23. The van der Waals surface area contributed by atoms with Crippen LogP contribution in [-0.4, -0.2) is 26.2 Å². The number of piperidine rings is 2. The molecule has 4 aliphatic rings. The van der Waals surface area contributed by atoms with Gasteiger partial charge in [0.25, 0.3) is 0 Å². The van der Waals surface area contributed by atoms with Crippen molar-refractivity contribution in [3.63, 3.8) is 0 Å². The third kappa shape index (κ3) is 5.64. The molecule has 56 heavy (non-hydrogen) atoms. The number of fused-ring (bicyclic) bond motifs is 6. The Labute approximate surface area is 331 Å². The molecular weight excluding hydrogens is 681 g/mol. The van der Waals surface area contributed by atoms with E-state index in [2.05, 4.69) is 153 Å². The van der Waals surface area contributed by atoms with Crippen molar-refractivity contribution < 1.29 is 0 Å². The summed E-state index contributed by atoms with van der Waals surface area (Å²) in [4.78, 5) is 10.6. The van der Waals surface area contributed by atoms with Crippen molar-refractivity contribution >= 4 is 67.0 Å². The molecule has 0 saturated carbocycles. The van der Waals surface area contributed by atoms with E-state index in [-0.39, 0.29) is 0 Å². The molecule has 0 amide bonds. The highest BCUT2D eigenvalue weighted by molar-refractivity contribution is 6.24. The lowest BCUT2D eigenvalue weighted by Crippen LogP contribution is -2.29. The average molecular weight is 731 g/mol. The number of rotatable bonds is 4. The summed E-state index contributed by atoms with van der Waals surface area (Å²) in [7, 11) is 0. The molecule has 4 aliphatic heterocycles. The normalized spacial score (nSPS) is 16.9. The predicted molar refractivity (Wildman–Crippen MR) is 238 cm³/mol. The van der Waals surface area contributed by atoms with E-state index in [1.165, 1.54) is 128 Å². The van der Waals surface area contributed by atoms with Gasteiger partial charge >= 0.3 is 0 Å². The number of para-hydroxylation sites is 4. The molecular formula is C52H50N4. The second-order valence-corrected chi connectivity index (χ2v) is 16.4. The van der Waals surface area contributed by atoms with Crippen LogP contribution in [0.2, 0.25) is 0 Å². The smallest absolute Gasteiger partial charge is 0.0621 e. The molecule has 7 aromatic carbocycles. The Morgan fingerprint density at radius 2 is 0.625 bits per heavy atom. The van der Waals surface area contributed by atoms with Gasteiger partial charge in [-0.3, -0.25) is 0 Å². The second-order valence-electron chi connectivity index (χ2n) is 16.4. The Balaban J connectivity index is 1.30. The highest BCUT2D eigenvalue weighted by Crippen LogP contribution is 2.55. The monoisotopic (exact) mass is 730 g/mol. The summed E-state index contributed by atoms with van der Waals surface area (Å²) in [5.74, 6) is 0.